The second-order valence-corrected chi connectivity index (χ2v) is 7.19. The Labute approximate surface area is 150 Å². The van der Waals surface area contributed by atoms with Gasteiger partial charge in [0.05, 0.1) is 25.1 Å². The maximum atomic E-state index is 13.0. The molecule has 1 fully saturated rings. The Bertz CT molecular complexity index is 588. The Balaban J connectivity index is 2.36. The Morgan fingerprint density at radius 1 is 1.24 bits per heavy atom. The predicted octanol–water partition coefficient (Wildman–Crippen LogP) is 3.85. The van der Waals surface area contributed by atoms with Gasteiger partial charge in [0.2, 0.25) is 0 Å². The average Bonchev–Trinajstić information content (AvgIpc) is 2.79. The largest absolute Gasteiger partial charge is 0.466 e. The first-order valence-electron chi connectivity index (χ1n) is 9.12. The van der Waals surface area contributed by atoms with Crippen LogP contribution in [0, 0.1) is 5.92 Å². The zero-order chi connectivity index (χ0) is 18.6. The van der Waals surface area contributed by atoms with Gasteiger partial charge in [0.25, 0.3) is 0 Å². The molecule has 0 unspecified atom stereocenters. The lowest BCUT2D eigenvalue weighted by molar-refractivity contribution is -0.144. The summed E-state index contributed by atoms with van der Waals surface area (Å²) in [6, 6.07) is 9.87. The van der Waals surface area contributed by atoms with Gasteiger partial charge in [0, 0.05) is 13.1 Å². The SMILES string of the molecule is CCOC(=O)C[C@@H](CC(C)C)N1C(=O)N(C)[C@@H](C)[C@H]1c1ccccc1. The molecule has 1 aliphatic rings. The number of carbonyl (C=O) groups is 2. The third kappa shape index (κ3) is 4.33. The van der Waals surface area contributed by atoms with E-state index in [-0.39, 0.29) is 36.5 Å². The lowest BCUT2D eigenvalue weighted by Gasteiger charge is -2.34. The molecule has 5 heteroatoms. The number of benzene rings is 1. The predicted molar refractivity (Wildman–Crippen MR) is 98.1 cm³/mol. The van der Waals surface area contributed by atoms with Crippen molar-refractivity contribution in [2.24, 2.45) is 5.92 Å². The summed E-state index contributed by atoms with van der Waals surface area (Å²) in [6.07, 6.45) is 1.01. The van der Waals surface area contributed by atoms with Crippen LogP contribution in [0.1, 0.15) is 52.1 Å². The van der Waals surface area contributed by atoms with Crippen LogP contribution in [0.25, 0.3) is 0 Å². The van der Waals surface area contributed by atoms with E-state index in [9.17, 15) is 9.59 Å². The molecule has 0 spiro atoms. The third-order valence-corrected chi connectivity index (χ3v) is 4.88. The van der Waals surface area contributed by atoms with Crippen LogP contribution in [0.3, 0.4) is 0 Å². The second kappa shape index (κ2) is 8.37. The summed E-state index contributed by atoms with van der Waals surface area (Å²) in [7, 11) is 1.83. The van der Waals surface area contributed by atoms with Crippen LogP contribution >= 0.6 is 0 Å². The Morgan fingerprint density at radius 2 is 1.88 bits per heavy atom. The standard InChI is InChI=1S/C20H30N2O3/c1-6-25-18(23)13-17(12-14(2)3)22-19(15(4)21(5)20(22)24)16-10-8-7-9-11-16/h7-11,14-15,17,19H,6,12-13H2,1-5H3/t15-,17+,19-/m0/s1. The normalized spacial score (nSPS) is 21.8. The van der Waals surface area contributed by atoms with Crippen LogP contribution in [0.2, 0.25) is 0 Å². The number of hydrogen-bond acceptors (Lipinski definition) is 3. The smallest absolute Gasteiger partial charge is 0.320 e. The van der Waals surface area contributed by atoms with Gasteiger partial charge in [-0.15, -0.1) is 0 Å². The number of carbonyl (C=O) groups excluding carboxylic acids is 2. The minimum absolute atomic E-state index is 0.0173. The monoisotopic (exact) mass is 346 g/mol. The molecule has 1 saturated heterocycles. The fraction of sp³-hybridized carbons (Fsp3) is 0.600. The van der Waals surface area contributed by atoms with Gasteiger partial charge >= 0.3 is 12.0 Å². The molecule has 0 aromatic heterocycles. The van der Waals surface area contributed by atoms with E-state index in [4.69, 9.17) is 4.74 Å². The lowest BCUT2D eigenvalue weighted by atomic mass is 9.94. The summed E-state index contributed by atoms with van der Waals surface area (Å²) in [4.78, 5) is 28.8. The number of ether oxygens (including phenoxy) is 1. The molecule has 0 N–H and O–H groups in total. The number of rotatable bonds is 7. The summed E-state index contributed by atoms with van der Waals surface area (Å²) >= 11 is 0. The van der Waals surface area contributed by atoms with Crippen molar-refractivity contribution in [2.75, 3.05) is 13.7 Å². The zero-order valence-electron chi connectivity index (χ0n) is 15.9. The minimum Gasteiger partial charge on any atom is -0.466 e. The fourth-order valence-electron chi connectivity index (χ4n) is 3.64. The van der Waals surface area contributed by atoms with Crippen LogP contribution in [0.5, 0.6) is 0 Å². The molecule has 5 nitrogen and oxygen atoms in total. The molecule has 1 aliphatic heterocycles. The first-order valence-corrected chi connectivity index (χ1v) is 9.12. The lowest BCUT2D eigenvalue weighted by Crippen LogP contribution is -2.42. The van der Waals surface area contributed by atoms with Crippen molar-refractivity contribution in [3.8, 4) is 0 Å². The molecule has 1 aromatic carbocycles. The van der Waals surface area contributed by atoms with Crippen molar-refractivity contribution in [3.05, 3.63) is 35.9 Å². The van der Waals surface area contributed by atoms with Crippen molar-refractivity contribution in [1.82, 2.24) is 9.80 Å². The van der Waals surface area contributed by atoms with E-state index in [1.165, 1.54) is 0 Å². The summed E-state index contributed by atoms with van der Waals surface area (Å²) in [5.74, 6) is 0.139. The van der Waals surface area contributed by atoms with Crippen LogP contribution in [-0.4, -0.2) is 47.5 Å². The van der Waals surface area contributed by atoms with E-state index in [0.717, 1.165) is 12.0 Å². The molecule has 2 amide bonds. The van der Waals surface area contributed by atoms with Gasteiger partial charge in [-0.3, -0.25) is 4.79 Å². The quantitative estimate of drug-likeness (QED) is 0.705. The molecule has 0 radical (unpaired) electrons. The molecule has 2 rings (SSSR count). The van der Waals surface area contributed by atoms with E-state index in [1.54, 1.807) is 11.8 Å². The van der Waals surface area contributed by atoms with E-state index >= 15 is 0 Å². The third-order valence-electron chi connectivity index (χ3n) is 4.88. The molecular formula is C20H30N2O3. The van der Waals surface area contributed by atoms with Crippen LogP contribution < -0.4 is 0 Å². The summed E-state index contributed by atoms with van der Waals surface area (Å²) < 4.78 is 5.15. The first kappa shape index (κ1) is 19.3. The number of urea groups is 1. The van der Waals surface area contributed by atoms with Crippen LogP contribution in [0.15, 0.2) is 30.3 Å². The molecule has 0 saturated carbocycles. The Kier molecular flexibility index (Phi) is 6.45. The first-order chi connectivity index (χ1) is 11.9. The number of amides is 2. The molecular weight excluding hydrogens is 316 g/mol. The summed E-state index contributed by atoms with van der Waals surface area (Å²) in [6.45, 7) is 8.46. The van der Waals surface area contributed by atoms with Crippen molar-refractivity contribution >= 4 is 12.0 Å². The van der Waals surface area contributed by atoms with E-state index < -0.39 is 0 Å². The van der Waals surface area contributed by atoms with E-state index in [1.807, 2.05) is 30.1 Å². The number of hydrogen-bond donors (Lipinski definition) is 0. The highest BCUT2D eigenvalue weighted by molar-refractivity contribution is 5.79. The summed E-state index contributed by atoms with van der Waals surface area (Å²) in [5.41, 5.74) is 1.10. The van der Waals surface area contributed by atoms with E-state index in [0.29, 0.717) is 12.5 Å². The molecule has 138 valence electrons. The van der Waals surface area contributed by atoms with E-state index in [2.05, 4.69) is 32.9 Å². The average molecular weight is 346 g/mol. The molecule has 1 aromatic rings. The molecule has 0 aliphatic carbocycles. The van der Waals surface area contributed by atoms with Gasteiger partial charge in [-0.1, -0.05) is 44.2 Å². The van der Waals surface area contributed by atoms with Crippen LogP contribution in [-0.2, 0) is 9.53 Å². The van der Waals surface area contributed by atoms with Gasteiger partial charge in [0.1, 0.15) is 0 Å². The molecule has 3 atom stereocenters. The summed E-state index contributed by atoms with van der Waals surface area (Å²) in [5, 5.41) is 0. The maximum Gasteiger partial charge on any atom is 0.320 e. The van der Waals surface area contributed by atoms with Gasteiger partial charge in [-0.05, 0) is 31.7 Å². The Hall–Kier alpha value is -2.04. The number of nitrogens with zero attached hydrogens (tertiary/aromatic N) is 2. The fourth-order valence-corrected chi connectivity index (χ4v) is 3.64. The van der Waals surface area contributed by atoms with Crippen molar-refractivity contribution in [2.45, 2.75) is 58.7 Å². The zero-order valence-corrected chi connectivity index (χ0v) is 15.9. The van der Waals surface area contributed by atoms with Gasteiger partial charge in [0.15, 0.2) is 0 Å². The minimum atomic E-state index is -0.241. The van der Waals surface area contributed by atoms with Crippen molar-refractivity contribution < 1.29 is 14.3 Å². The maximum absolute atomic E-state index is 13.0. The second-order valence-electron chi connectivity index (χ2n) is 7.19. The molecule has 25 heavy (non-hydrogen) atoms. The highest BCUT2D eigenvalue weighted by Gasteiger charge is 2.45. The molecule has 0 bridgehead atoms. The number of esters is 1. The van der Waals surface area contributed by atoms with Crippen molar-refractivity contribution in [3.63, 3.8) is 0 Å². The molecule has 1 heterocycles. The van der Waals surface area contributed by atoms with Crippen molar-refractivity contribution in [1.29, 1.82) is 0 Å². The van der Waals surface area contributed by atoms with Gasteiger partial charge < -0.3 is 14.5 Å². The van der Waals surface area contributed by atoms with Crippen LogP contribution in [0.4, 0.5) is 4.79 Å². The Morgan fingerprint density at radius 3 is 2.44 bits per heavy atom. The number of likely N-dealkylation sites (N-methyl/N-ethyl adjacent to an activating group) is 1. The van der Waals surface area contributed by atoms with Gasteiger partial charge in [-0.25, -0.2) is 4.79 Å². The van der Waals surface area contributed by atoms with Gasteiger partial charge in [-0.2, -0.15) is 0 Å². The topological polar surface area (TPSA) is 49.9 Å². The highest BCUT2D eigenvalue weighted by atomic mass is 16.5. The highest BCUT2D eigenvalue weighted by Crippen LogP contribution is 2.38.